The first-order chi connectivity index (χ1) is 8.67. The predicted molar refractivity (Wildman–Crippen MR) is 81.6 cm³/mol. The van der Waals surface area contributed by atoms with Gasteiger partial charge in [0.25, 0.3) is 0 Å². The SMILES string of the molecule is COc1ccc(Br)c(CN(C)CCCCCCl)c1. The molecule has 0 bridgehead atoms. The number of halogens is 2. The molecule has 18 heavy (non-hydrogen) atoms. The lowest BCUT2D eigenvalue weighted by molar-refractivity contribution is 0.317. The molecule has 0 N–H and O–H groups in total. The van der Waals surface area contributed by atoms with Crippen molar-refractivity contribution in [3.05, 3.63) is 28.2 Å². The molecule has 0 aromatic heterocycles. The molecule has 0 aliphatic carbocycles. The minimum Gasteiger partial charge on any atom is -0.497 e. The Balaban J connectivity index is 2.45. The monoisotopic (exact) mass is 333 g/mol. The molecule has 0 heterocycles. The molecule has 0 fully saturated rings. The van der Waals surface area contributed by atoms with Crippen LogP contribution < -0.4 is 4.74 Å². The molecule has 0 saturated heterocycles. The molecule has 1 aromatic carbocycles. The van der Waals surface area contributed by atoms with Gasteiger partial charge in [-0.1, -0.05) is 22.4 Å². The molecule has 4 heteroatoms. The average Bonchev–Trinajstić information content (AvgIpc) is 2.37. The standard InChI is InChI=1S/C14H21BrClNO/c1-17(9-5-3-4-8-16)11-12-10-13(18-2)6-7-14(12)15/h6-7,10H,3-5,8-9,11H2,1-2H3. The molecule has 1 aromatic rings. The molecule has 2 nitrogen and oxygen atoms in total. The van der Waals surface area contributed by atoms with Gasteiger partial charge in [0, 0.05) is 16.9 Å². The number of nitrogens with zero attached hydrogens (tertiary/aromatic N) is 1. The Morgan fingerprint density at radius 2 is 2.06 bits per heavy atom. The first-order valence-electron chi connectivity index (χ1n) is 6.24. The van der Waals surface area contributed by atoms with Gasteiger partial charge in [0.05, 0.1) is 7.11 Å². The molecule has 0 amide bonds. The van der Waals surface area contributed by atoms with E-state index >= 15 is 0 Å². The van der Waals surface area contributed by atoms with Crippen molar-refractivity contribution >= 4 is 27.5 Å². The van der Waals surface area contributed by atoms with E-state index in [1.807, 2.05) is 12.1 Å². The van der Waals surface area contributed by atoms with E-state index in [2.05, 4.69) is 33.9 Å². The van der Waals surface area contributed by atoms with Crippen LogP contribution in [0.2, 0.25) is 0 Å². The van der Waals surface area contributed by atoms with Gasteiger partial charge in [-0.05, 0) is 50.2 Å². The van der Waals surface area contributed by atoms with Gasteiger partial charge < -0.3 is 9.64 Å². The highest BCUT2D eigenvalue weighted by Crippen LogP contribution is 2.23. The van der Waals surface area contributed by atoms with E-state index in [0.717, 1.165) is 35.6 Å². The van der Waals surface area contributed by atoms with Gasteiger partial charge in [0.15, 0.2) is 0 Å². The van der Waals surface area contributed by atoms with Crippen LogP contribution in [0.25, 0.3) is 0 Å². The maximum absolute atomic E-state index is 5.67. The van der Waals surface area contributed by atoms with Gasteiger partial charge >= 0.3 is 0 Å². The van der Waals surface area contributed by atoms with Crippen LogP contribution in [0.5, 0.6) is 5.75 Å². The van der Waals surface area contributed by atoms with Gasteiger partial charge in [-0.2, -0.15) is 0 Å². The molecule has 0 radical (unpaired) electrons. The number of unbranched alkanes of at least 4 members (excludes halogenated alkanes) is 2. The smallest absolute Gasteiger partial charge is 0.119 e. The van der Waals surface area contributed by atoms with Gasteiger partial charge in [-0.15, -0.1) is 11.6 Å². The van der Waals surface area contributed by atoms with Crippen molar-refractivity contribution in [2.75, 3.05) is 26.6 Å². The number of ether oxygens (including phenoxy) is 1. The number of methoxy groups -OCH3 is 1. The molecule has 0 saturated carbocycles. The molecule has 102 valence electrons. The minimum absolute atomic E-state index is 0.769. The normalized spacial score (nSPS) is 10.9. The number of hydrogen-bond donors (Lipinski definition) is 0. The lowest BCUT2D eigenvalue weighted by Gasteiger charge is -2.18. The summed E-state index contributed by atoms with van der Waals surface area (Å²) in [5, 5.41) is 0. The summed E-state index contributed by atoms with van der Waals surface area (Å²) >= 11 is 9.25. The second kappa shape index (κ2) is 8.78. The summed E-state index contributed by atoms with van der Waals surface area (Å²) in [6, 6.07) is 6.09. The molecule has 1 rings (SSSR count). The minimum atomic E-state index is 0.769. The van der Waals surface area contributed by atoms with E-state index < -0.39 is 0 Å². The second-order valence-corrected chi connectivity index (χ2v) is 5.68. The van der Waals surface area contributed by atoms with Crippen LogP contribution in [0.3, 0.4) is 0 Å². The van der Waals surface area contributed by atoms with Crippen LogP contribution in [0, 0.1) is 0 Å². The van der Waals surface area contributed by atoms with Crippen molar-refractivity contribution < 1.29 is 4.74 Å². The van der Waals surface area contributed by atoms with Crippen LogP contribution in [-0.2, 0) is 6.54 Å². The lowest BCUT2D eigenvalue weighted by Crippen LogP contribution is -2.19. The molecule has 0 aliphatic heterocycles. The van der Waals surface area contributed by atoms with Crippen LogP contribution in [-0.4, -0.2) is 31.5 Å². The van der Waals surface area contributed by atoms with Gasteiger partial charge in [0.2, 0.25) is 0 Å². The van der Waals surface area contributed by atoms with Crippen LogP contribution >= 0.6 is 27.5 Å². The highest BCUT2D eigenvalue weighted by atomic mass is 79.9. The van der Waals surface area contributed by atoms with E-state index in [0.29, 0.717) is 0 Å². The molecule has 0 spiro atoms. The Kier molecular flexibility index (Phi) is 7.71. The highest BCUT2D eigenvalue weighted by Gasteiger charge is 2.05. The third kappa shape index (κ3) is 5.59. The zero-order chi connectivity index (χ0) is 13.4. The fraction of sp³-hybridized carbons (Fsp3) is 0.571. The molecule has 0 aliphatic rings. The summed E-state index contributed by atoms with van der Waals surface area (Å²) in [5.41, 5.74) is 1.26. The van der Waals surface area contributed by atoms with E-state index in [1.165, 1.54) is 18.4 Å². The highest BCUT2D eigenvalue weighted by molar-refractivity contribution is 9.10. The van der Waals surface area contributed by atoms with Crippen molar-refractivity contribution in [1.82, 2.24) is 4.90 Å². The number of benzene rings is 1. The van der Waals surface area contributed by atoms with Gasteiger partial charge in [-0.25, -0.2) is 0 Å². The molecule has 0 atom stereocenters. The summed E-state index contributed by atoms with van der Waals surface area (Å²) in [6.45, 7) is 2.03. The van der Waals surface area contributed by atoms with Crippen molar-refractivity contribution in [1.29, 1.82) is 0 Å². The number of alkyl halides is 1. The Labute approximate surface area is 123 Å². The van der Waals surface area contributed by atoms with Crippen LogP contribution in [0.15, 0.2) is 22.7 Å². The molecule has 0 unspecified atom stereocenters. The fourth-order valence-electron chi connectivity index (χ4n) is 1.82. The van der Waals surface area contributed by atoms with Crippen molar-refractivity contribution in [2.45, 2.75) is 25.8 Å². The maximum Gasteiger partial charge on any atom is 0.119 e. The summed E-state index contributed by atoms with van der Waals surface area (Å²) in [7, 11) is 3.84. The summed E-state index contributed by atoms with van der Waals surface area (Å²) in [5.74, 6) is 1.68. The zero-order valence-corrected chi connectivity index (χ0v) is 13.4. The topological polar surface area (TPSA) is 12.5 Å². The van der Waals surface area contributed by atoms with E-state index in [4.69, 9.17) is 16.3 Å². The number of rotatable bonds is 8. The predicted octanol–water partition coefficient (Wildman–Crippen LogP) is 4.30. The van der Waals surface area contributed by atoms with Crippen LogP contribution in [0.1, 0.15) is 24.8 Å². The van der Waals surface area contributed by atoms with E-state index in [1.54, 1.807) is 7.11 Å². The van der Waals surface area contributed by atoms with Crippen LogP contribution in [0.4, 0.5) is 0 Å². The summed E-state index contributed by atoms with van der Waals surface area (Å²) in [6.07, 6.45) is 3.51. The first-order valence-corrected chi connectivity index (χ1v) is 7.57. The first kappa shape index (κ1) is 15.8. The number of hydrogen-bond acceptors (Lipinski definition) is 2. The van der Waals surface area contributed by atoms with Crippen molar-refractivity contribution in [3.63, 3.8) is 0 Å². The lowest BCUT2D eigenvalue weighted by atomic mass is 10.2. The third-order valence-electron chi connectivity index (χ3n) is 2.87. The maximum atomic E-state index is 5.67. The average molecular weight is 335 g/mol. The zero-order valence-electron chi connectivity index (χ0n) is 11.1. The Hall–Kier alpha value is -0.250. The Bertz CT molecular complexity index is 360. The second-order valence-electron chi connectivity index (χ2n) is 4.44. The quantitative estimate of drug-likeness (QED) is 0.519. The fourth-order valence-corrected chi connectivity index (χ4v) is 2.38. The van der Waals surface area contributed by atoms with Crippen molar-refractivity contribution in [3.8, 4) is 5.75 Å². The molecular formula is C14H21BrClNO. The van der Waals surface area contributed by atoms with Gasteiger partial charge in [0.1, 0.15) is 5.75 Å². The van der Waals surface area contributed by atoms with Crippen molar-refractivity contribution in [2.24, 2.45) is 0 Å². The molecular weight excluding hydrogens is 314 g/mol. The van der Waals surface area contributed by atoms with E-state index in [9.17, 15) is 0 Å². The summed E-state index contributed by atoms with van der Waals surface area (Å²) < 4.78 is 6.39. The Morgan fingerprint density at radius 1 is 1.28 bits per heavy atom. The Morgan fingerprint density at radius 3 is 2.72 bits per heavy atom. The third-order valence-corrected chi connectivity index (χ3v) is 3.91. The van der Waals surface area contributed by atoms with E-state index in [-0.39, 0.29) is 0 Å². The largest absolute Gasteiger partial charge is 0.497 e. The summed E-state index contributed by atoms with van der Waals surface area (Å²) in [4.78, 5) is 2.33. The van der Waals surface area contributed by atoms with Gasteiger partial charge in [-0.3, -0.25) is 0 Å².